The van der Waals surface area contributed by atoms with Crippen molar-refractivity contribution < 1.29 is 67.9 Å². The Bertz CT molecular complexity index is 2920. The van der Waals surface area contributed by atoms with Crippen molar-refractivity contribution in [1.29, 1.82) is 0 Å². The van der Waals surface area contributed by atoms with Crippen LogP contribution in [0.1, 0.15) is 38.7 Å². The van der Waals surface area contributed by atoms with E-state index in [1.807, 2.05) is 0 Å². The summed E-state index contributed by atoms with van der Waals surface area (Å²) in [6, 6.07) is 10.3. The number of nitrogens with zero attached hydrogens (tertiary/aromatic N) is 4. The first-order chi connectivity index (χ1) is 29.4. The van der Waals surface area contributed by atoms with E-state index in [-0.39, 0.29) is 64.7 Å². The van der Waals surface area contributed by atoms with Crippen LogP contribution in [0.25, 0.3) is 5.69 Å². The third kappa shape index (κ3) is 14.0. The van der Waals surface area contributed by atoms with Crippen LogP contribution < -0.4 is 24.6 Å². The SMILES string of the molecule is COc1c(Cl)ccc(Cl)c1C(=O)O.CS(=O)(=O)NC(=O)c1cc(Oc2ccc(C(F)(F)F)cc2Cl)ccc1[N+](=O)[O-].Cc1nn(-c2cc(NS(C)(=O)=O)c(Cl)cc2Cl)c(=O)n1C(F)F. The molecular formula is C34H26Cl5F5N6O12S2. The molecule has 5 aromatic rings. The number of alkyl halides is 5. The molecule has 5 rings (SSSR count). The molecule has 1 amide bonds. The highest BCUT2D eigenvalue weighted by atomic mass is 35.5. The van der Waals surface area contributed by atoms with E-state index >= 15 is 0 Å². The lowest BCUT2D eigenvalue weighted by molar-refractivity contribution is -0.385. The monoisotopic (exact) mass is 1040 g/mol. The number of rotatable bonds is 11. The second-order valence-corrected chi connectivity index (χ2v) is 17.7. The van der Waals surface area contributed by atoms with E-state index in [2.05, 4.69) is 9.82 Å². The summed E-state index contributed by atoms with van der Waals surface area (Å²) >= 11 is 29.0. The van der Waals surface area contributed by atoms with Gasteiger partial charge in [0.05, 0.1) is 66.6 Å². The van der Waals surface area contributed by atoms with Crippen LogP contribution >= 0.6 is 58.0 Å². The van der Waals surface area contributed by atoms with E-state index in [1.54, 1.807) is 4.72 Å². The number of aromatic carboxylic acids is 1. The van der Waals surface area contributed by atoms with Crippen molar-refractivity contribution >= 4 is 101 Å². The number of nitro benzene ring substituents is 1. The van der Waals surface area contributed by atoms with Gasteiger partial charge < -0.3 is 14.6 Å². The molecule has 0 spiro atoms. The van der Waals surface area contributed by atoms with Crippen LogP contribution in [0.2, 0.25) is 25.1 Å². The fourth-order valence-corrected chi connectivity index (χ4v) is 7.06. The van der Waals surface area contributed by atoms with Gasteiger partial charge in [-0.15, -0.1) is 5.10 Å². The van der Waals surface area contributed by atoms with Gasteiger partial charge in [-0.05, 0) is 55.5 Å². The third-order valence-electron chi connectivity index (χ3n) is 7.39. The Morgan fingerprint density at radius 3 is 1.95 bits per heavy atom. The number of aryl methyl sites for hydroxylation is 1. The first kappa shape index (κ1) is 52.9. The average Bonchev–Trinajstić information content (AvgIpc) is 3.45. The molecule has 64 heavy (non-hydrogen) atoms. The first-order valence-corrected chi connectivity index (χ1v) is 22.1. The Morgan fingerprint density at radius 2 is 1.48 bits per heavy atom. The molecular weight excluding hydrogens is 1020 g/mol. The number of halogens is 10. The van der Waals surface area contributed by atoms with Gasteiger partial charge in [-0.25, -0.2) is 35.7 Å². The van der Waals surface area contributed by atoms with Gasteiger partial charge in [0.2, 0.25) is 20.0 Å². The number of hydrogen-bond donors (Lipinski definition) is 3. The number of sulfonamides is 2. The first-order valence-electron chi connectivity index (χ1n) is 16.4. The molecule has 4 aromatic carbocycles. The Kier molecular flexibility index (Phi) is 17.4. The molecule has 1 aromatic heterocycles. The highest BCUT2D eigenvalue weighted by molar-refractivity contribution is 7.92. The summed E-state index contributed by atoms with van der Waals surface area (Å²) in [5.74, 6) is -2.98. The van der Waals surface area contributed by atoms with Crippen molar-refractivity contribution in [1.82, 2.24) is 19.1 Å². The Hall–Kier alpha value is -5.44. The van der Waals surface area contributed by atoms with Crippen LogP contribution in [-0.2, 0) is 26.2 Å². The lowest BCUT2D eigenvalue weighted by Crippen LogP contribution is -2.29. The Balaban J connectivity index is 0.000000272. The molecule has 0 saturated carbocycles. The number of ether oxygens (including phenoxy) is 2. The number of aromatic nitrogens is 3. The van der Waals surface area contributed by atoms with Crippen molar-refractivity contribution in [2.45, 2.75) is 19.6 Å². The highest BCUT2D eigenvalue weighted by Gasteiger charge is 2.31. The van der Waals surface area contributed by atoms with Gasteiger partial charge >= 0.3 is 24.4 Å². The fraction of sp³-hybridized carbons (Fsp3) is 0.176. The smallest absolute Gasteiger partial charge is 0.416 e. The van der Waals surface area contributed by atoms with Gasteiger partial charge in [-0.1, -0.05) is 58.0 Å². The van der Waals surface area contributed by atoms with Gasteiger partial charge in [-0.3, -0.25) is 19.6 Å². The summed E-state index contributed by atoms with van der Waals surface area (Å²) in [5, 5.41) is 23.4. The van der Waals surface area contributed by atoms with Crippen molar-refractivity contribution in [3.8, 4) is 22.9 Å². The zero-order chi connectivity index (χ0) is 48.8. The Morgan fingerprint density at radius 1 is 0.875 bits per heavy atom. The predicted octanol–water partition coefficient (Wildman–Crippen LogP) is 8.86. The molecule has 0 radical (unpaired) electrons. The van der Waals surface area contributed by atoms with E-state index in [4.69, 9.17) is 72.6 Å². The summed E-state index contributed by atoms with van der Waals surface area (Å²) in [4.78, 5) is 44.9. The normalized spacial score (nSPS) is 11.4. The van der Waals surface area contributed by atoms with Gasteiger partial charge in [0.15, 0.2) is 5.75 Å². The molecule has 0 bridgehead atoms. The quantitative estimate of drug-likeness (QED) is 0.0636. The number of nitrogens with one attached hydrogen (secondary N) is 2. The fourth-order valence-electron chi connectivity index (χ4n) is 4.80. The van der Waals surface area contributed by atoms with Gasteiger partial charge in [0.1, 0.15) is 28.5 Å². The lowest BCUT2D eigenvalue weighted by atomic mass is 10.1. The number of methoxy groups -OCH3 is 1. The van der Waals surface area contributed by atoms with Crippen LogP contribution in [0.4, 0.5) is 33.3 Å². The average molecular weight is 1050 g/mol. The summed E-state index contributed by atoms with van der Waals surface area (Å²) < 4.78 is 123. The molecule has 0 aliphatic heterocycles. The van der Waals surface area contributed by atoms with Gasteiger partial charge in [-0.2, -0.15) is 26.6 Å². The second-order valence-electron chi connectivity index (χ2n) is 12.2. The minimum Gasteiger partial charge on any atom is -0.494 e. The zero-order valence-corrected chi connectivity index (χ0v) is 37.6. The number of carbonyl (C=O) groups excluding carboxylic acids is 1. The van der Waals surface area contributed by atoms with Crippen LogP contribution in [0.5, 0.6) is 17.2 Å². The van der Waals surface area contributed by atoms with Crippen LogP contribution in [0.3, 0.4) is 0 Å². The number of carboxylic acids is 1. The summed E-state index contributed by atoms with van der Waals surface area (Å²) in [7, 11) is -6.31. The predicted molar refractivity (Wildman–Crippen MR) is 224 cm³/mol. The van der Waals surface area contributed by atoms with Crippen molar-refractivity contribution in [3.05, 3.63) is 129 Å². The van der Waals surface area contributed by atoms with E-state index in [9.17, 15) is 63.3 Å². The lowest BCUT2D eigenvalue weighted by Gasteiger charge is -2.12. The van der Waals surface area contributed by atoms with Gasteiger partial charge in [0.25, 0.3) is 11.6 Å². The number of hydrogen-bond acceptors (Lipinski definition) is 12. The number of nitro groups is 1. The van der Waals surface area contributed by atoms with E-state index in [1.165, 1.54) is 32.2 Å². The summed E-state index contributed by atoms with van der Waals surface area (Å²) in [6.07, 6.45) is -3.04. The maximum Gasteiger partial charge on any atom is 0.416 e. The zero-order valence-electron chi connectivity index (χ0n) is 32.2. The van der Waals surface area contributed by atoms with Crippen molar-refractivity contribution in [3.63, 3.8) is 0 Å². The van der Waals surface area contributed by atoms with Gasteiger partial charge in [0, 0.05) is 12.1 Å². The summed E-state index contributed by atoms with van der Waals surface area (Å²) in [6.45, 7) is -1.85. The molecule has 18 nitrogen and oxygen atoms in total. The topological polar surface area (TPSA) is 248 Å². The van der Waals surface area contributed by atoms with E-state index < -0.39 is 77.1 Å². The molecule has 0 unspecified atom stereocenters. The largest absolute Gasteiger partial charge is 0.494 e. The van der Waals surface area contributed by atoms with Crippen LogP contribution in [0.15, 0.2) is 65.5 Å². The number of amides is 1. The molecule has 0 aliphatic carbocycles. The molecule has 346 valence electrons. The molecule has 30 heteroatoms. The highest BCUT2D eigenvalue weighted by Crippen LogP contribution is 2.38. The molecule has 0 fully saturated rings. The molecule has 1 heterocycles. The number of carbonyl (C=O) groups is 2. The Labute approximate surface area is 382 Å². The second kappa shape index (κ2) is 21.0. The molecule has 0 aliphatic rings. The van der Waals surface area contributed by atoms with E-state index in [0.717, 1.165) is 36.6 Å². The van der Waals surface area contributed by atoms with Crippen LogP contribution in [-0.4, -0.2) is 72.7 Å². The van der Waals surface area contributed by atoms with E-state index in [0.29, 0.717) is 23.1 Å². The number of benzene rings is 4. The molecule has 0 saturated heterocycles. The summed E-state index contributed by atoms with van der Waals surface area (Å²) in [5.41, 5.74) is -3.73. The third-order valence-corrected chi connectivity index (χ3v) is 10.1. The van der Waals surface area contributed by atoms with Crippen molar-refractivity contribution in [2.75, 3.05) is 24.3 Å². The molecule has 3 N–H and O–H groups in total. The van der Waals surface area contributed by atoms with Crippen molar-refractivity contribution in [2.24, 2.45) is 0 Å². The molecule has 0 atom stereocenters. The standard InChI is InChI=1S/C15H10ClF3N2O6S.C11H10Cl2F2N4O3S.C8H6Cl2O3/c1-28(25,26)20-14(22)10-7-9(3-4-12(10)21(23)24)27-13-5-2-8(6-11(13)16)15(17,18)19;1-5-16-19(11(20)18(5)10(14)15)9-4-8(17-23(2,21)22)6(12)3-7(9)13;1-13-7-5(10)3-2-4(9)6(7)8(11)12/h2-7H,1H3,(H,20,22);3-4,10,17H,1-2H3;2-3H,1H3,(H,11,12). The minimum absolute atomic E-state index is 0.0257. The number of carboxylic acid groups (broad SMARTS) is 1. The number of anilines is 1. The maximum absolute atomic E-state index is 12.8. The van der Waals surface area contributed by atoms with Crippen LogP contribution in [0, 0.1) is 17.0 Å². The minimum atomic E-state index is -4.62. The maximum atomic E-state index is 12.8.